The molecule has 0 saturated carbocycles. The average molecular weight is 817 g/mol. The molecule has 6 nitrogen and oxygen atoms in total. The van der Waals surface area contributed by atoms with Crippen LogP contribution in [0.3, 0.4) is 0 Å². The smallest absolute Gasteiger partial charge is 0.306 e. The van der Waals surface area contributed by atoms with Gasteiger partial charge in [0.15, 0.2) is 0 Å². The Morgan fingerprint density at radius 2 is 0.914 bits per heavy atom. The molecule has 0 aromatic carbocycles. The second-order valence-electron chi connectivity index (χ2n) is 17.8. The molecule has 0 fully saturated rings. The molecule has 0 N–H and O–H groups in total. The third kappa shape index (κ3) is 40.9. The summed E-state index contributed by atoms with van der Waals surface area (Å²) in [5, 5.41) is 0. The van der Waals surface area contributed by atoms with Crippen molar-refractivity contribution in [1.29, 1.82) is 0 Å². The topological polar surface area (TPSA) is 59.1 Å². The van der Waals surface area contributed by atoms with Crippen molar-refractivity contribution in [3.05, 3.63) is 25.1 Å². The number of allylic oxidation sites excluding steroid dienone is 1. The van der Waals surface area contributed by atoms with E-state index in [-0.39, 0.29) is 18.0 Å². The zero-order valence-corrected chi connectivity index (χ0v) is 39.7. The van der Waals surface area contributed by atoms with E-state index in [4.69, 9.17) is 9.47 Å². The second-order valence-corrected chi connectivity index (χ2v) is 17.8. The van der Waals surface area contributed by atoms with Crippen LogP contribution in [0.25, 0.3) is 0 Å². The molecule has 0 aromatic heterocycles. The van der Waals surface area contributed by atoms with E-state index in [9.17, 15) is 9.59 Å². The number of unbranched alkanes of at least 4 members (excludes halogenated alkanes) is 24. The van der Waals surface area contributed by atoms with Gasteiger partial charge in [0.25, 0.3) is 0 Å². The normalized spacial score (nSPS) is 11.7. The van der Waals surface area contributed by atoms with E-state index >= 15 is 0 Å². The summed E-state index contributed by atoms with van der Waals surface area (Å²) in [6, 6.07) is 0. The number of ether oxygens (including phenoxy) is 2. The summed E-state index contributed by atoms with van der Waals surface area (Å²) in [5.74, 6) is 0.552. The van der Waals surface area contributed by atoms with Gasteiger partial charge >= 0.3 is 11.9 Å². The Morgan fingerprint density at radius 1 is 0.500 bits per heavy atom. The fourth-order valence-electron chi connectivity index (χ4n) is 7.72. The second kappa shape index (κ2) is 44.7. The van der Waals surface area contributed by atoms with E-state index in [2.05, 4.69) is 63.3 Å². The van der Waals surface area contributed by atoms with Gasteiger partial charge in [0.1, 0.15) is 6.10 Å². The Bertz CT molecular complexity index is 905. The minimum Gasteiger partial charge on any atom is -0.466 e. The Labute approximate surface area is 362 Å². The lowest BCUT2D eigenvalue weighted by atomic mass is 10.0. The fraction of sp³-hybridized carbons (Fsp3) is 0.885. The minimum atomic E-state index is -0.0138. The van der Waals surface area contributed by atoms with Crippen LogP contribution >= 0.6 is 0 Å². The first-order valence-electron chi connectivity index (χ1n) is 25.5. The number of carbonyl (C=O) groups excluding carboxylic acids is 2. The Hall–Kier alpha value is -1.82. The highest BCUT2D eigenvalue weighted by Gasteiger charge is 2.14. The highest BCUT2D eigenvalue weighted by molar-refractivity contribution is 5.69. The third-order valence-corrected chi connectivity index (χ3v) is 11.6. The first-order valence-corrected chi connectivity index (χ1v) is 25.5. The van der Waals surface area contributed by atoms with Gasteiger partial charge in [0, 0.05) is 19.4 Å². The summed E-state index contributed by atoms with van der Waals surface area (Å²) < 4.78 is 11.6. The van der Waals surface area contributed by atoms with Crippen molar-refractivity contribution in [1.82, 2.24) is 9.80 Å². The molecular formula is C52H100N2O4. The van der Waals surface area contributed by atoms with Gasteiger partial charge in [-0.25, -0.2) is 0 Å². The van der Waals surface area contributed by atoms with Crippen molar-refractivity contribution < 1.29 is 19.1 Å². The predicted octanol–water partition coefficient (Wildman–Crippen LogP) is 15.7. The van der Waals surface area contributed by atoms with Gasteiger partial charge < -0.3 is 19.3 Å². The lowest BCUT2D eigenvalue weighted by Crippen LogP contribution is -2.29. The maximum atomic E-state index is 12.9. The van der Waals surface area contributed by atoms with Crippen LogP contribution in [0.1, 0.15) is 253 Å². The summed E-state index contributed by atoms with van der Waals surface area (Å²) in [6.45, 7) is 20.2. The zero-order valence-electron chi connectivity index (χ0n) is 39.7. The molecule has 0 aliphatic rings. The Morgan fingerprint density at radius 3 is 1.40 bits per heavy atom. The van der Waals surface area contributed by atoms with Gasteiger partial charge in [0.05, 0.1) is 6.61 Å². The quantitative estimate of drug-likeness (QED) is 0.0450. The fourth-order valence-corrected chi connectivity index (χ4v) is 7.72. The molecule has 0 atom stereocenters. The largest absolute Gasteiger partial charge is 0.466 e. The lowest BCUT2D eigenvalue weighted by Gasteiger charge is -2.24. The maximum Gasteiger partial charge on any atom is 0.306 e. The van der Waals surface area contributed by atoms with Crippen LogP contribution in [0.2, 0.25) is 0 Å². The first kappa shape index (κ1) is 56.2. The molecule has 342 valence electrons. The predicted molar refractivity (Wildman–Crippen MR) is 252 cm³/mol. The van der Waals surface area contributed by atoms with E-state index in [1.165, 1.54) is 154 Å². The number of carbonyl (C=O) groups is 2. The third-order valence-electron chi connectivity index (χ3n) is 11.6. The molecule has 0 aliphatic heterocycles. The van der Waals surface area contributed by atoms with Crippen LogP contribution in [-0.4, -0.2) is 60.6 Å². The number of hydrogen-bond acceptors (Lipinski definition) is 6. The van der Waals surface area contributed by atoms with Crippen molar-refractivity contribution in [3.63, 3.8) is 0 Å². The van der Waals surface area contributed by atoms with E-state index in [1.54, 1.807) is 0 Å². The molecule has 0 radical (unpaired) electrons. The van der Waals surface area contributed by atoms with Crippen molar-refractivity contribution in [2.75, 3.05) is 32.8 Å². The molecule has 6 heteroatoms. The van der Waals surface area contributed by atoms with Gasteiger partial charge in [0.2, 0.25) is 0 Å². The summed E-state index contributed by atoms with van der Waals surface area (Å²) in [6.07, 6.45) is 46.3. The van der Waals surface area contributed by atoms with E-state index in [0.717, 1.165) is 77.5 Å². The van der Waals surface area contributed by atoms with Crippen LogP contribution in [-0.2, 0) is 19.1 Å². The number of nitrogens with zero attached hydrogens (tertiary/aromatic N) is 2. The Balaban J connectivity index is 4.50. The number of hydrogen-bond donors (Lipinski definition) is 0. The van der Waals surface area contributed by atoms with Crippen molar-refractivity contribution in [2.45, 2.75) is 259 Å². The molecule has 0 spiro atoms. The van der Waals surface area contributed by atoms with Crippen LogP contribution < -0.4 is 0 Å². The maximum absolute atomic E-state index is 12.9. The van der Waals surface area contributed by atoms with E-state index in [0.29, 0.717) is 25.4 Å². The molecule has 58 heavy (non-hydrogen) atoms. The summed E-state index contributed by atoms with van der Waals surface area (Å²) in [5.41, 5.74) is 0. The van der Waals surface area contributed by atoms with Gasteiger partial charge in [-0.3, -0.25) is 9.59 Å². The van der Waals surface area contributed by atoms with Gasteiger partial charge in [-0.05, 0) is 102 Å². The van der Waals surface area contributed by atoms with Gasteiger partial charge in [-0.2, -0.15) is 0 Å². The van der Waals surface area contributed by atoms with Gasteiger partial charge in [-0.15, -0.1) is 0 Å². The van der Waals surface area contributed by atoms with Crippen LogP contribution in [0, 0.1) is 5.92 Å². The molecule has 0 aromatic rings. The monoisotopic (exact) mass is 817 g/mol. The van der Waals surface area contributed by atoms with E-state index in [1.807, 2.05) is 6.20 Å². The summed E-state index contributed by atoms with van der Waals surface area (Å²) >= 11 is 0. The average Bonchev–Trinajstić information content (AvgIpc) is 3.21. The van der Waals surface area contributed by atoms with Crippen molar-refractivity contribution >= 4 is 11.9 Å². The molecular weight excluding hydrogens is 717 g/mol. The molecule has 0 saturated heterocycles. The molecule has 0 heterocycles. The molecule has 0 amide bonds. The zero-order chi connectivity index (χ0) is 42.6. The standard InChI is InChI=1S/C52H100N2O4/c1-7-11-14-17-20-29-36-48-57-51(55)40-32-25-21-27-34-43-54(46-37-45-53(10-4)47-42-49(5)6)44-35-28-22-26-33-41-52(56)58-50(38-30-23-18-15-12-8-2)39-31-24-19-16-13-9-3/h10,42,47,49-50H,4,7-9,11-41,43-46,48H2,1-3,5-6H3/b47-42-. The highest BCUT2D eigenvalue weighted by atomic mass is 16.5. The summed E-state index contributed by atoms with van der Waals surface area (Å²) in [7, 11) is 0. The molecule has 0 rings (SSSR count). The number of esters is 2. The summed E-state index contributed by atoms with van der Waals surface area (Å²) in [4.78, 5) is 29.9. The minimum absolute atomic E-state index is 0.0138. The SMILES string of the molecule is C=CN(/C=C\C(C)C)CCCN(CCCCCCCC(=O)OCCCCCCCCC)CCCCCCCC(=O)OC(CCCCCCCC)CCCCCCCC. The molecule has 0 unspecified atom stereocenters. The first-order chi connectivity index (χ1) is 28.4. The van der Waals surface area contributed by atoms with Gasteiger partial charge in [-0.1, -0.05) is 189 Å². The van der Waals surface area contributed by atoms with Crippen LogP contribution in [0.4, 0.5) is 0 Å². The van der Waals surface area contributed by atoms with Crippen LogP contribution in [0.15, 0.2) is 25.1 Å². The lowest BCUT2D eigenvalue weighted by molar-refractivity contribution is -0.150. The van der Waals surface area contributed by atoms with Crippen molar-refractivity contribution in [2.24, 2.45) is 5.92 Å². The molecule has 0 bridgehead atoms. The number of rotatable bonds is 46. The van der Waals surface area contributed by atoms with Crippen molar-refractivity contribution in [3.8, 4) is 0 Å². The van der Waals surface area contributed by atoms with Crippen LogP contribution in [0.5, 0.6) is 0 Å². The van der Waals surface area contributed by atoms with E-state index < -0.39 is 0 Å². The highest BCUT2D eigenvalue weighted by Crippen LogP contribution is 2.19. The molecule has 0 aliphatic carbocycles. The Kier molecular flexibility index (Phi) is 43.3.